The van der Waals surface area contributed by atoms with Gasteiger partial charge in [0.05, 0.1) is 10.2 Å². The van der Waals surface area contributed by atoms with Gasteiger partial charge in [-0.2, -0.15) is 13.2 Å². The van der Waals surface area contributed by atoms with Crippen LogP contribution < -0.4 is 0 Å². The Bertz CT molecular complexity index is 664. The van der Waals surface area contributed by atoms with Crippen LogP contribution in [0.2, 0.25) is 0 Å². The summed E-state index contributed by atoms with van der Waals surface area (Å²) in [5.74, 6) is 0. The summed E-state index contributed by atoms with van der Waals surface area (Å²) in [5.41, 5.74) is 1.17. The SMILES string of the molecule is FC(F)(F)c1snnc1-c1c[nH]c2ccsc12. The van der Waals surface area contributed by atoms with Crippen molar-refractivity contribution >= 4 is 33.1 Å². The van der Waals surface area contributed by atoms with Gasteiger partial charge in [0.25, 0.3) is 0 Å². The summed E-state index contributed by atoms with van der Waals surface area (Å²) in [6.45, 7) is 0. The van der Waals surface area contributed by atoms with E-state index >= 15 is 0 Å². The number of fused-ring (bicyclic) bond motifs is 1. The fourth-order valence-corrected chi connectivity index (χ4v) is 3.00. The highest BCUT2D eigenvalue weighted by Crippen LogP contribution is 2.41. The number of rotatable bonds is 1. The molecule has 3 nitrogen and oxygen atoms in total. The van der Waals surface area contributed by atoms with Gasteiger partial charge < -0.3 is 4.98 Å². The van der Waals surface area contributed by atoms with E-state index < -0.39 is 11.1 Å². The number of nitrogens with one attached hydrogen (secondary N) is 1. The number of thiophene rings is 1. The molecule has 8 heteroatoms. The van der Waals surface area contributed by atoms with Crippen LogP contribution in [0.25, 0.3) is 21.5 Å². The molecule has 1 N–H and O–H groups in total. The Morgan fingerprint density at radius 3 is 2.88 bits per heavy atom. The summed E-state index contributed by atoms with van der Waals surface area (Å²) < 4.78 is 42.3. The van der Waals surface area contributed by atoms with E-state index in [0.717, 1.165) is 10.2 Å². The number of hydrogen-bond acceptors (Lipinski definition) is 4. The minimum absolute atomic E-state index is 0.101. The summed E-state index contributed by atoms with van der Waals surface area (Å²) in [6.07, 6.45) is -2.88. The molecule has 0 aliphatic carbocycles. The second kappa shape index (κ2) is 3.54. The van der Waals surface area contributed by atoms with Crippen molar-refractivity contribution < 1.29 is 13.2 Å². The normalized spacial score (nSPS) is 12.4. The molecule has 3 aromatic rings. The Hall–Kier alpha value is -1.41. The molecule has 3 heterocycles. The van der Waals surface area contributed by atoms with Crippen LogP contribution >= 0.6 is 22.9 Å². The molecule has 0 saturated heterocycles. The molecule has 3 aromatic heterocycles. The molecule has 17 heavy (non-hydrogen) atoms. The fraction of sp³-hybridized carbons (Fsp3) is 0.111. The van der Waals surface area contributed by atoms with E-state index in [1.165, 1.54) is 17.5 Å². The Kier molecular flexibility index (Phi) is 2.23. The minimum atomic E-state index is -4.41. The number of hydrogen-bond donors (Lipinski definition) is 1. The van der Waals surface area contributed by atoms with Crippen LogP contribution in [0, 0.1) is 0 Å². The van der Waals surface area contributed by atoms with Crippen molar-refractivity contribution in [2.45, 2.75) is 6.18 Å². The monoisotopic (exact) mass is 275 g/mol. The minimum Gasteiger partial charge on any atom is -0.360 e. The van der Waals surface area contributed by atoms with Crippen molar-refractivity contribution in [1.29, 1.82) is 0 Å². The number of nitrogens with zero attached hydrogens (tertiary/aromatic N) is 2. The molecule has 0 aromatic carbocycles. The molecule has 0 atom stereocenters. The fourth-order valence-electron chi connectivity index (χ4n) is 1.58. The van der Waals surface area contributed by atoms with Gasteiger partial charge >= 0.3 is 6.18 Å². The van der Waals surface area contributed by atoms with Crippen molar-refractivity contribution in [3.63, 3.8) is 0 Å². The molecule has 0 amide bonds. The molecule has 88 valence electrons. The van der Waals surface area contributed by atoms with Gasteiger partial charge in [0.2, 0.25) is 0 Å². The van der Waals surface area contributed by atoms with Gasteiger partial charge in [0.15, 0.2) is 4.88 Å². The van der Waals surface area contributed by atoms with Gasteiger partial charge in [-0.25, -0.2) is 0 Å². The third kappa shape index (κ3) is 1.64. The quantitative estimate of drug-likeness (QED) is 0.734. The van der Waals surface area contributed by atoms with Crippen LogP contribution in [0.3, 0.4) is 0 Å². The predicted molar refractivity (Wildman–Crippen MR) is 60.1 cm³/mol. The Morgan fingerprint density at radius 2 is 2.12 bits per heavy atom. The van der Waals surface area contributed by atoms with E-state index in [0.29, 0.717) is 17.1 Å². The van der Waals surface area contributed by atoms with Crippen molar-refractivity contribution in [1.82, 2.24) is 14.6 Å². The number of aromatic nitrogens is 3. The number of alkyl halides is 3. The van der Waals surface area contributed by atoms with Crippen LogP contribution in [0.4, 0.5) is 13.2 Å². The molecule has 0 radical (unpaired) electrons. The molecule has 0 aliphatic rings. The predicted octanol–water partition coefficient (Wildman–Crippen LogP) is 3.77. The van der Waals surface area contributed by atoms with Gasteiger partial charge in [-0.3, -0.25) is 0 Å². The summed E-state index contributed by atoms with van der Waals surface area (Å²) in [5, 5.41) is 5.41. The van der Waals surface area contributed by atoms with Gasteiger partial charge in [0, 0.05) is 11.8 Å². The molecule has 0 unspecified atom stereocenters. The average molecular weight is 275 g/mol. The second-order valence-corrected chi connectivity index (χ2v) is 4.98. The zero-order valence-corrected chi connectivity index (χ0v) is 9.71. The molecular formula is C9H4F3N3S2. The molecule has 0 saturated carbocycles. The maximum atomic E-state index is 12.7. The van der Waals surface area contributed by atoms with E-state index in [-0.39, 0.29) is 5.69 Å². The molecule has 0 fully saturated rings. The second-order valence-electron chi connectivity index (χ2n) is 3.31. The van der Waals surface area contributed by atoms with Crippen LogP contribution in [0.15, 0.2) is 17.6 Å². The molecule has 0 spiro atoms. The first-order valence-corrected chi connectivity index (χ1v) is 6.17. The van der Waals surface area contributed by atoms with E-state index in [9.17, 15) is 13.2 Å². The molecular weight excluding hydrogens is 271 g/mol. The largest absolute Gasteiger partial charge is 0.429 e. The van der Waals surface area contributed by atoms with Gasteiger partial charge in [-0.1, -0.05) is 4.49 Å². The van der Waals surface area contributed by atoms with Crippen molar-refractivity contribution in [2.24, 2.45) is 0 Å². The van der Waals surface area contributed by atoms with Gasteiger partial charge in [-0.05, 0) is 23.0 Å². The number of halogens is 3. The van der Waals surface area contributed by atoms with E-state index in [2.05, 4.69) is 14.6 Å². The number of H-pyrrole nitrogens is 1. The van der Waals surface area contributed by atoms with Crippen LogP contribution in [0.1, 0.15) is 4.88 Å². The lowest BCUT2D eigenvalue weighted by atomic mass is 10.2. The summed E-state index contributed by atoms with van der Waals surface area (Å²) >= 11 is 1.75. The molecule has 0 bridgehead atoms. The zero-order valence-electron chi connectivity index (χ0n) is 8.08. The summed E-state index contributed by atoms with van der Waals surface area (Å²) in [4.78, 5) is 2.16. The van der Waals surface area contributed by atoms with Crippen LogP contribution in [0.5, 0.6) is 0 Å². The molecule has 3 rings (SSSR count). The lowest BCUT2D eigenvalue weighted by molar-refractivity contribution is -0.134. The standard InChI is InChI=1S/C9H4F3N3S2/c10-9(11,12)8-6(14-15-17-8)4-3-13-5-1-2-16-7(4)5/h1-3,13H. The van der Waals surface area contributed by atoms with Crippen LogP contribution in [-0.2, 0) is 6.18 Å². The van der Waals surface area contributed by atoms with Crippen molar-refractivity contribution in [2.75, 3.05) is 0 Å². The summed E-state index contributed by atoms with van der Waals surface area (Å²) in [7, 11) is 0. The van der Waals surface area contributed by atoms with E-state index in [1.807, 2.05) is 11.4 Å². The highest BCUT2D eigenvalue weighted by Gasteiger charge is 2.38. The first-order chi connectivity index (χ1) is 8.07. The lowest BCUT2D eigenvalue weighted by Crippen LogP contribution is -2.03. The summed E-state index contributed by atoms with van der Waals surface area (Å²) in [6, 6.07) is 1.82. The van der Waals surface area contributed by atoms with E-state index in [4.69, 9.17) is 0 Å². The van der Waals surface area contributed by atoms with Crippen molar-refractivity contribution in [3.8, 4) is 11.3 Å². The first-order valence-electron chi connectivity index (χ1n) is 4.52. The van der Waals surface area contributed by atoms with Gasteiger partial charge in [0.1, 0.15) is 5.69 Å². The Morgan fingerprint density at radius 1 is 1.29 bits per heavy atom. The third-order valence-electron chi connectivity index (χ3n) is 2.28. The van der Waals surface area contributed by atoms with Gasteiger partial charge in [-0.15, -0.1) is 16.4 Å². The highest BCUT2D eigenvalue weighted by atomic mass is 32.1. The maximum Gasteiger partial charge on any atom is 0.429 e. The smallest absolute Gasteiger partial charge is 0.360 e. The molecule has 0 aliphatic heterocycles. The lowest BCUT2D eigenvalue weighted by Gasteiger charge is -2.03. The Balaban J connectivity index is 2.24. The van der Waals surface area contributed by atoms with E-state index in [1.54, 1.807) is 0 Å². The van der Waals surface area contributed by atoms with Crippen molar-refractivity contribution in [3.05, 3.63) is 22.5 Å². The topological polar surface area (TPSA) is 41.6 Å². The first kappa shape index (κ1) is 10.7. The Labute approximate surface area is 101 Å². The van der Waals surface area contributed by atoms with Crippen LogP contribution in [-0.4, -0.2) is 14.6 Å². The zero-order chi connectivity index (χ0) is 12.0. The average Bonchev–Trinajstić information content (AvgIpc) is 2.90. The maximum absolute atomic E-state index is 12.7. The highest BCUT2D eigenvalue weighted by molar-refractivity contribution is 7.17. The third-order valence-corrected chi connectivity index (χ3v) is 4.00. The number of aromatic amines is 1.